The highest BCUT2D eigenvalue weighted by Crippen LogP contribution is 2.41. The average molecular weight is 405 g/mol. The van der Waals surface area contributed by atoms with Crippen LogP contribution in [0, 0.1) is 0 Å². The van der Waals surface area contributed by atoms with E-state index in [1.165, 1.54) is 32.7 Å². The van der Waals surface area contributed by atoms with Crippen LogP contribution in [-0.4, -0.2) is 4.98 Å². The van der Waals surface area contributed by atoms with E-state index in [2.05, 4.69) is 94.5 Å². The fourth-order valence-corrected chi connectivity index (χ4v) is 4.40. The van der Waals surface area contributed by atoms with Gasteiger partial charge in [0.25, 0.3) is 0 Å². The molecule has 0 amide bonds. The average Bonchev–Trinajstić information content (AvgIpc) is 3.35. The predicted octanol–water partition coefficient (Wildman–Crippen LogP) is 7.89. The highest BCUT2D eigenvalue weighted by Gasteiger charge is 2.14. The number of para-hydroxylation sites is 1. The van der Waals surface area contributed by atoms with Crippen molar-refractivity contribution >= 4 is 22.7 Å². The summed E-state index contributed by atoms with van der Waals surface area (Å²) < 4.78 is 0. The van der Waals surface area contributed by atoms with Crippen LogP contribution in [0.5, 0.6) is 0 Å². The van der Waals surface area contributed by atoms with Crippen molar-refractivity contribution in [2.45, 2.75) is 0 Å². The molecule has 5 rings (SSSR count). The molecule has 0 aliphatic carbocycles. The molecular weight excluding hydrogens is 384 g/mol. The minimum Gasteiger partial charge on any atom is -0.353 e. The smallest absolute Gasteiger partial charge is 0.0571 e. The van der Waals surface area contributed by atoms with Crippen molar-refractivity contribution in [3.05, 3.63) is 115 Å². The first-order valence-corrected chi connectivity index (χ1v) is 10.8. The van der Waals surface area contributed by atoms with Crippen LogP contribution in [-0.2, 0) is 0 Å². The van der Waals surface area contributed by atoms with Gasteiger partial charge in [0.2, 0.25) is 0 Å². The van der Waals surface area contributed by atoms with E-state index in [-0.39, 0.29) is 0 Å². The SMILES string of the molecule is c1ccc(-c2cccc(-c3cccc(-c4cccs4)c3Nc3cccnc3)c2)cc1. The third-order valence-corrected chi connectivity index (χ3v) is 5.97. The number of nitrogens with one attached hydrogen (secondary N) is 1. The summed E-state index contributed by atoms with van der Waals surface area (Å²) in [5.74, 6) is 0. The highest BCUT2D eigenvalue weighted by molar-refractivity contribution is 7.13. The van der Waals surface area contributed by atoms with Crippen LogP contribution in [0.2, 0.25) is 0 Å². The maximum absolute atomic E-state index is 4.27. The fourth-order valence-electron chi connectivity index (χ4n) is 3.64. The molecule has 1 N–H and O–H groups in total. The normalized spacial score (nSPS) is 10.7. The lowest BCUT2D eigenvalue weighted by atomic mass is 9.95. The Morgan fingerprint density at radius 1 is 0.633 bits per heavy atom. The molecule has 2 aromatic heterocycles. The maximum atomic E-state index is 4.27. The zero-order valence-corrected chi connectivity index (χ0v) is 17.1. The second kappa shape index (κ2) is 8.36. The highest BCUT2D eigenvalue weighted by atomic mass is 32.1. The molecule has 0 aliphatic rings. The van der Waals surface area contributed by atoms with Gasteiger partial charge in [0.1, 0.15) is 0 Å². The molecule has 0 unspecified atom stereocenters. The van der Waals surface area contributed by atoms with Crippen LogP contribution in [0.25, 0.3) is 32.7 Å². The molecule has 0 fully saturated rings. The lowest BCUT2D eigenvalue weighted by molar-refractivity contribution is 1.32. The van der Waals surface area contributed by atoms with Crippen molar-refractivity contribution in [2.24, 2.45) is 0 Å². The molecule has 0 aliphatic heterocycles. The van der Waals surface area contributed by atoms with E-state index in [0.29, 0.717) is 0 Å². The topological polar surface area (TPSA) is 24.9 Å². The van der Waals surface area contributed by atoms with Gasteiger partial charge in [-0.3, -0.25) is 4.98 Å². The number of rotatable bonds is 5. The standard InChI is InChI=1S/C27H20N2S/c1-2-8-20(9-3-1)21-10-4-11-22(18-21)24-13-5-14-25(26-15-7-17-30-26)27(24)29-23-12-6-16-28-19-23/h1-19,29H. The van der Waals surface area contributed by atoms with E-state index in [1.54, 1.807) is 17.5 Å². The monoisotopic (exact) mass is 404 g/mol. The quantitative estimate of drug-likeness (QED) is 0.322. The predicted molar refractivity (Wildman–Crippen MR) is 128 cm³/mol. The van der Waals surface area contributed by atoms with Gasteiger partial charge in [-0.15, -0.1) is 11.3 Å². The van der Waals surface area contributed by atoms with Crippen molar-refractivity contribution in [3.63, 3.8) is 0 Å². The number of aromatic nitrogens is 1. The Hall–Kier alpha value is -3.69. The van der Waals surface area contributed by atoms with E-state index >= 15 is 0 Å². The minimum atomic E-state index is 0.974. The Morgan fingerprint density at radius 3 is 2.23 bits per heavy atom. The van der Waals surface area contributed by atoms with Crippen molar-refractivity contribution in [2.75, 3.05) is 5.32 Å². The number of benzene rings is 3. The molecule has 144 valence electrons. The van der Waals surface area contributed by atoms with E-state index in [0.717, 1.165) is 11.4 Å². The zero-order valence-electron chi connectivity index (χ0n) is 16.3. The van der Waals surface area contributed by atoms with Gasteiger partial charge in [-0.2, -0.15) is 0 Å². The fraction of sp³-hybridized carbons (Fsp3) is 0. The summed E-state index contributed by atoms with van der Waals surface area (Å²) >= 11 is 1.75. The molecule has 2 nitrogen and oxygen atoms in total. The number of nitrogens with zero attached hydrogens (tertiary/aromatic N) is 1. The van der Waals surface area contributed by atoms with Crippen LogP contribution < -0.4 is 5.32 Å². The van der Waals surface area contributed by atoms with Gasteiger partial charge in [0, 0.05) is 22.2 Å². The Bertz CT molecular complexity index is 1250. The minimum absolute atomic E-state index is 0.974. The van der Waals surface area contributed by atoms with E-state index in [9.17, 15) is 0 Å². The largest absolute Gasteiger partial charge is 0.353 e. The van der Waals surface area contributed by atoms with Crippen LogP contribution in [0.15, 0.2) is 115 Å². The molecule has 0 atom stereocenters. The molecule has 3 heteroatoms. The summed E-state index contributed by atoms with van der Waals surface area (Å²) in [6, 6.07) is 34.0. The van der Waals surface area contributed by atoms with E-state index in [4.69, 9.17) is 0 Å². The molecule has 2 heterocycles. The maximum Gasteiger partial charge on any atom is 0.0571 e. The second-order valence-corrected chi connectivity index (χ2v) is 7.97. The molecule has 0 bridgehead atoms. The van der Waals surface area contributed by atoms with Gasteiger partial charge >= 0.3 is 0 Å². The Labute approximate surface area is 180 Å². The van der Waals surface area contributed by atoms with Gasteiger partial charge in [0.15, 0.2) is 0 Å². The van der Waals surface area contributed by atoms with E-state index < -0.39 is 0 Å². The summed E-state index contributed by atoms with van der Waals surface area (Å²) in [7, 11) is 0. The van der Waals surface area contributed by atoms with Gasteiger partial charge in [0.05, 0.1) is 17.6 Å². The van der Waals surface area contributed by atoms with Gasteiger partial charge in [-0.25, -0.2) is 0 Å². The second-order valence-electron chi connectivity index (χ2n) is 7.02. The van der Waals surface area contributed by atoms with Crippen LogP contribution in [0.4, 0.5) is 11.4 Å². The molecule has 0 saturated heterocycles. The molecular formula is C27H20N2S. The third kappa shape index (κ3) is 3.76. The van der Waals surface area contributed by atoms with Crippen molar-refractivity contribution in [3.8, 4) is 32.7 Å². The van der Waals surface area contributed by atoms with Crippen molar-refractivity contribution < 1.29 is 0 Å². The Kier molecular flexibility index (Phi) is 5.11. The zero-order chi connectivity index (χ0) is 20.2. The Morgan fingerprint density at radius 2 is 1.43 bits per heavy atom. The molecule has 0 radical (unpaired) electrons. The first kappa shape index (κ1) is 18.3. The summed E-state index contributed by atoms with van der Waals surface area (Å²) in [4.78, 5) is 5.51. The third-order valence-electron chi connectivity index (χ3n) is 5.06. The molecule has 30 heavy (non-hydrogen) atoms. The first-order chi connectivity index (χ1) is 14.9. The summed E-state index contributed by atoms with van der Waals surface area (Å²) in [5, 5.41) is 5.75. The van der Waals surface area contributed by atoms with Gasteiger partial charge in [-0.1, -0.05) is 72.8 Å². The Balaban J connectivity index is 1.66. The summed E-state index contributed by atoms with van der Waals surface area (Å²) in [5.41, 5.74) is 8.04. The van der Waals surface area contributed by atoms with E-state index in [1.807, 2.05) is 24.4 Å². The first-order valence-electron chi connectivity index (χ1n) is 9.88. The van der Waals surface area contributed by atoms with Gasteiger partial charge in [-0.05, 0) is 46.3 Å². The number of thiophene rings is 1. The van der Waals surface area contributed by atoms with Crippen LogP contribution in [0.3, 0.4) is 0 Å². The molecule has 3 aromatic carbocycles. The number of hydrogen-bond donors (Lipinski definition) is 1. The number of anilines is 2. The summed E-state index contributed by atoms with van der Waals surface area (Å²) in [6.45, 7) is 0. The molecule has 0 saturated carbocycles. The van der Waals surface area contributed by atoms with Crippen molar-refractivity contribution in [1.82, 2.24) is 4.98 Å². The molecule has 0 spiro atoms. The summed E-state index contributed by atoms with van der Waals surface area (Å²) in [6.07, 6.45) is 3.65. The number of hydrogen-bond acceptors (Lipinski definition) is 3. The lowest BCUT2D eigenvalue weighted by Crippen LogP contribution is -1.96. The molecule has 5 aromatic rings. The number of pyridine rings is 1. The van der Waals surface area contributed by atoms with Gasteiger partial charge < -0.3 is 5.32 Å². The van der Waals surface area contributed by atoms with Crippen LogP contribution >= 0.6 is 11.3 Å². The van der Waals surface area contributed by atoms with Crippen molar-refractivity contribution in [1.29, 1.82) is 0 Å². The lowest BCUT2D eigenvalue weighted by Gasteiger charge is -2.17. The van der Waals surface area contributed by atoms with Crippen LogP contribution in [0.1, 0.15) is 0 Å².